The number of thiophene rings is 1. The summed E-state index contributed by atoms with van der Waals surface area (Å²) in [6.07, 6.45) is 3.28. The lowest BCUT2D eigenvalue weighted by Crippen LogP contribution is -1.96. The first-order valence-corrected chi connectivity index (χ1v) is 6.86. The first-order valence-electron chi connectivity index (χ1n) is 5.16. The van der Waals surface area contributed by atoms with Crippen molar-refractivity contribution in [3.63, 3.8) is 0 Å². The van der Waals surface area contributed by atoms with Crippen LogP contribution in [-0.4, -0.2) is 23.0 Å². The fourth-order valence-electron chi connectivity index (χ4n) is 1.64. The van der Waals surface area contributed by atoms with Crippen LogP contribution < -0.4 is 0 Å². The van der Waals surface area contributed by atoms with Gasteiger partial charge in [0.05, 0.1) is 13.3 Å². The van der Waals surface area contributed by atoms with Crippen molar-refractivity contribution in [2.24, 2.45) is 0 Å². The second-order valence-corrected chi connectivity index (χ2v) is 5.49. The average molecular weight is 276 g/mol. The molecule has 6 heteroatoms. The maximum atomic E-state index is 11.4. The molecule has 4 nitrogen and oxygen atoms in total. The van der Waals surface area contributed by atoms with Gasteiger partial charge in [-0.1, -0.05) is 0 Å². The fourth-order valence-corrected chi connectivity index (χ4v) is 3.27. The highest BCUT2D eigenvalue weighted by Crippen LogP contribution is 2.32. The first-order chi connectivity index (χ1) is 8.79. The van der Waals surface area contributed by atoms with Crippen LogP contribution in [0.2, 0.25) is 0 Å². The summed E-state index contributed by atoms with van der Waals surface area (Å²) < 4.78 is 5.83. The third-order valence-electron chi connectivity index (χ3n) is 2.47. The molecule has 18 heavy (non-hydrogen) atoms. The number of rotatable bonds is 2. The molecule has 0 N–H and O–H groups in total. The molecule has 0 saturated heterocycles. The van der Waals surface area contributed by atoms with Gasteiger partial charge in [-0.2, -0.15) is 0 Å². The molecule has 0 aliphatic heterocycles. The van der Waals surface area contributed by atoms with E-state index in [1.165, 1.54) is 24.6 Å². The van der Waals surface area contributed by atoms with Crippen molar-refractivity contribution in [1.29, 1.82) is 0 Å². The Hall–Kier alpha value is -1.79. The van der Waals surface area contributed by atoms with Crippen molar-refractivity contribution >= 4 is 38.7 Å². The number of hydrogen-bond acceptors (Lipinski definition) is 6. The first kappa shape index (κ1) is 11.3. The summed E-state index contributed by atoms with van der Waals surface area (Å²) in [4.78, 5) is 20.5. The van der Waals surface area contributed by atoms with Crippen molar-refractivity contribution in [2.45, 2.75) is 0 Å². The molecule has 0 spiro atoms. The lowest BCUT2D eigenvalue weighted by molar-refractivity contribution is 0.0606. The van der Waals surface area contributed by atoms with Gasteiger partial charge in [0, 0.05) is 16.3 Å². The van der Waals surface area contributed by atoms with Crippen molar-refractivity contribution < 1.29 is 9.53 Å². The minimum Gasteiger partial charge on any atom is -0.465 e. The summed E-state index contributed by atoms with van der Waals surface area (Å²) in [5, 5.41) is 3.82. The number of fused-ring (bicyclic) bond motifs is 1. The highest BCUT2D eigenvalue weighted by molar-refractivity contribution is 7.18. The van der Waals surface area contributed by atoms with Crippen LogP contribution in [0.15, 0.2) is 29.9 Å². The molecule has 3 aromatic rings. The van der Waals surface area contributed by atoms with Gasteiger partial charge in [0.15, 0.2) is 0 Å². The Morgan fingerprint density at radius 3 is 3.06 bits per heavy atom. The molecular formula is C12H8N2O2S2. The molecular weight excluding hydrogens is 268 g/mol. The number of carbonyl (C=O) groups is 1. The average Bonchev–Trinajstić information content (AvgIpc) is 3.05. The van der Waals surface area contributed by atoms with Crippen LogP contribution in [0.25, 0.3) is 20.8 Å². The zero-order valence-electron chi connectivity index (χ0n) is 9.41. The number of carbonyl (C=O) groups excluding carboxylic acids is 1. The number of nitrogens with zero attached hydrogens (tertiary/aromatic N) is 2. The van der Waals surface area contributed by atoms with Crippen LogP contribution >= 0.6 is 22.7 Å². The summed E-state index contributed by atoms with van der Waals surface area (Å²) in [5.41, 5.74) is 0.814. The van der Waals surface area contributed by atoms with Crippen LogP contribution in [0.3, 0.4) is 0 Å². The van der Waals surface area contributed by atoms with Gasteiger partial charge in [0.1, 0.15) is 15.6 Å². The van der Waals surface area contributed by atoms with Crippen molar-refractivity contribution in [3.05, 3.63) is 34.8 Å². The molecule has 0 saturated carbocycles. The Bertz CT molecular complexity index is 718. The normalized spacial score (nSPS) is 10.7. The van der Waals surface area contributed by atoms with Gasteiger partial charge in [0.25, 0.3) is 0 Å². The standard InChI is InChI=1S/C12H8N2O2S2/c1-16-12(15)9-6-14-11(18-9)10-7-3-5-17-8(7)2-4-13-10/h2-6H,1H3. The maximum Gasteiger partial charge on any atom is 0.349 e. The van der Waals surface area contributed by atoms with E-state index in [2.05, 4.69) is 14.7 Å². The molecule has 3 rings (SSSR count). The minimum absolute atomic E-state index is 0.365. The van der Waals surface area contributed by atoms with Gasteiger partial charge in [-0.05, 0) is 17.5 Å². The van der Waals surface area contributed by atoms with Gasteiger partial charge < -0.3 is 4.74 Å². The van der Waals surface area contributed by atoms with E-state index in [-0.39, 0.29) is 5.97 Å². The minimum atomic E-state index is -0.365. The van der Waals surface area contributed by atoms with Gasteiger partial charge >= 0.3 is 5.97 Å². The summed E-state index contributed by atoms with van der Waals surface area (Å²) >= 11 is 2.95. The fraction of sp³-hybridized carbons (Fsp3) is 0.0833. The number of pyridine rings is 1. The van der Waals surface area contributed by atoms with Gasteiger partial charge in [-0.15, -0.1) is 22.7 Å². The monoisotopic (exact) mass is 276 g/mol. The summed E-state index contributed by atoms with van der Waals surface area (Å²) in [7, 11) is 1.36. The number of methoxy groups -OCH3 is 1. The zero-order valence-corrected chi connectivity index (χ0v) is 11.0. The van der Waals surface area contributed by atoms with E-state index in [0.29, 0.717) is 4.88 Å². The lowest BCUT2D eigenvalue weighted by atomic mass is 10.2. The predicted octanol–water partition coefficient (Wildman–Crippen LogP) is 3.21. The SMILES string of the molecule is COC(=O)c1cnc(-c2nccc3sccc23)s1. The summed E-state index contributed by atoms with van der Waals surface area (Å²) in [5.74, 6) is -0.365. The van der Waals surface area contributed by atoms with Crippen LogP contribution in [0.5, 0.6) is 0 Å². The molecule has 0 unspecified atom stereocenters. The number of esters is 1. The van der Waals surface area contributed by atoms with Crippen LogP contribution in [0, 0.1) is 0 Å². The largest absolute Gasteiger partial charge is 0.465 e. The van der Waals surface area contributed by atoms with Crippen molar-refractivity contribution in [3.8, 4) is 10.7 Å². The van der Waals surface area contributed by atoms with E-state index in [1.807, 2.05) is 17.5 Å². The van der Waals surface area contributed by atoms with Gasteiger partial charge in [-0.25, -0.2) is 9.78 Å². The molecule has 0 bridgehead atoms. The van der Waals surface area contributed by atoms with Gasteiger partial charge in [0.2, 0.25) is 0 Å². The third-order valence-corrected chi connectivity index (χ3v) is 4.34. The molecule has 3 aromatic heterocycles. The molecule has 0 radical (unpaired) electrons. The van der Waals surface area contributed by atoms with E-state index in [1.54, 1.807) is 17.5 Å². The second-order valence-electron chi connectivity index (χ2n) is 3.51. The topological polar surface area (TPSA) is 52.1 Å². The number of thiazole rings is 1. The predicted molar refractivity (Wildman–Crippen MR) is 72.1 cm³/mol. The van der Waals surface area contributed by atoms with Crippen LogP contribution in [0.1, 0.15) is 9.67 Å². The number of ether oxygens (including phenoxy) is 1. The molecule has 3 heterocycles. The van der Waals surface area contributed by atoms with E-state index >= 15 is 0 Å². The van der Waals surface area contributed by atoms with E-state index in [9.17, 15) is 4.79 Å². The molecule has 0 fully saturated rings. The molecule has 0 atom stereocenters. The third kappa shape index (κ3) is 1.79. The highest BCUT2D eigenvalue weighted by Gasteiger charge is 2.14. The Kier molecular flexibility index (Phi) is 2.81. The summed E-state index contributed by atoms with van der Waals surface area (Å²) in [6, 6.07) is 3.99. The molecule has 90 valence electrons. The number of aromatic nitrogens is 2. The van der Waals surface area contributed by atoms with Crippen molar-refractivity contribution in [2.75, 3.05) is 7.11 Å². The second kappa shape index (κ2) is 4.47. The van der Waals surface area contributed by atoms with Crippen LogP contribution in [0.4, 0.5) is 0 Å². The van der Waals surface area contributed by atoms with E-state index in [4.69, 9.17) is 0 Å². The molecule has 0 aromatic carbocycles. The molecule has 0 amide bonds. The van der Waals surface area contributed by atoms with E-state index in [0.717, 1.165) is 20.8 Å². The molecule has 0 aliphatic carbocycles. The Balaban J connectivity index is 2.12. The van der Waals surface area contributed by atoms with Crippen molar-refractivity contribution in [1.82, 2.24) is 9.97 Å². The molecule has 0 aliphatic rings. The summed E-state index contributed by atoms with van der Waals surface area (Å²) in [6.45, 7) is 0. The zero-order chi connectivity index (χ0) is 12.5. The van der Waals surface area contributed by atoms with Crippen LogP contribution in [-0.2, 0) is 4.74 Å². The van der Waals surface area contributed by atoms with Gasteiger partial charge in [-0.3, -0.25) is 4.98 Å². The smallest absolute Gasteiger partial charge is 0.349 e. The Labute approximate surface area is 111 Å². The Morgan fingerprint density at radius 2 is 2.22 bits per heavy atom. The maximum absolute atomic E-state index is 11.4. The Morgan fingerprint density at radius 1 is 1.33 bits per heavy atom. The number of hydrogen-bond donors (Lipinski definition) is 0. The lowest BCUT2D eigenvalue weighted by Gasteiger charge is -1.97. The quantitative estimate of drug-likeness (QED) is 0.674. The van der Waals surface area contributed by atoms with E-state index < -0.39 is 0 Å². The highest BCUT2D eigenvalue weighted by atomic mass is 32.1.